The Balaban J connectivity index is 2.19. The van der Waals surface area contributed by atoms with Crippen LogP contribution in [0.4, 0.5) is 8.78 Å². The van der Waals surface area contributed by atoms with Gasteiger partial charge in [-0.3, -0.25) is 0 Å². The molecule has 0 amide bonds. The van der Waals surface area contributed by atoms with E-state index >= 15 is 0 Å². The molecular formula is C16H23F2N. The van der Waals surface area contributed by atoms with Crippen molar-refractivity contribution in [1.82, 2.24) is 5.32 Å². The van der Waals surface area contributed by atoms with Gasteiger partial charge in [0, 0.05) is 11.6 Å². The van der Waals surface area contributed by atoms with Crippen molar-refractivity contribution < 1.29 is 8.78 Å². The van der Waals surface area contributed by atoms with Gasteiger partial charge in [-0.15, -0.1) is 0 Å². The zero-order valence-corrected chi connectivity index (χ0v) is 11.8. The Kier molecular flexibility index (Phi) is 4.92. The third-order valence-electron chi connectivity index (χ3n) is 4.07. The second-order valence-electron chi connectivity index (χ2n) is 5.85. The van der Waals surface area contributed by atoms with E-state index < -0.39 is 0 Å². The molecule has 1 aliphatic rings. The highest BCUT2D eigenvalue weighted by atomic mass is 19.1. The molecule has 1 aliphatic carbocycles. The van der Waals surface area contributed by atoms with Crippen molar-refractivity contribution in [3.05, 3.63) is 35.4 Å². The Morgan fingerprint density at radius 2 is 1.79 bits per heavy atom. The van der Waals surface area contributed by atoms with Crippen LogP contribution in [0.1, 0.15) is 51.0 Å². The lowest BCUT2D eigenvalue weighted by Gasteiger charge is -2.33. The Labute approximate surface area is 114 Å². The van der Waals surface area contributed by atoms with E-state index in [9.17, 15) is 8.78 Å². The van der Waals surface area contributed by atoms with Gasteiger partial charge < -0.3 is 5.32 Å². The van der Waals surface area contributed by atoms with Crippen LogP contribution in [0.15, 0.2) is 18.2 Å². The highest BCUT2D eigenvalue weighted by molar-refractivity contribution is 5.25. The Bertz CT molecular complexity index is 397. The number of rotatable bonds is 4. The Morgan fingerprint density at radius 3 is 2.42 bits per heavy atom. The van der Waals surface area contributed by atoms with E-state index in [1.165, 1.54) is 18.2 Å². The fourth-order valence-electron chi connectivity index (χ4n) is 3.08. The molecule has 0 heterocycles. The zero-order chi connectivity index (χ0) is 13.8. The highest BCUT2D eigenvalue weighted by Crippen LogP contribution is 2.39. The SMILES string of the molecule is CC(C)NCC1CCCCC1c1c(F)cccc1F. The summed E-state index contributed by atoms with van der Waals surface area (Å²) in [4.78, 5) is 0. The molecule has 1 aromatic rings. The molecule has 0 saturated heterocycles. The monoisotopic (exact) mass is 267 g/mol. The summed E-state index contributed by atoms with van der Waals surface area (Å²) in [5.74, 6) is -0.424. The summed E-state index contributed by atoms with van der Waals surface area (Å²) < 4.78 is 27.9. The fraction of sp³-hybridized carbons (Fsp3) is 0.625. The summed E-state index contributed by atoms with van der Waals surface area (Å²) in [5.41, 5.74) is 0.303. The van der Waals surface area contributed by atoms with Gasteiger partial charge in [0.25, 0.3) is 0 Å². The smallest absolute Gasteiger partial charge is 0.129 e. The van der Waals surface area contributed by atoms with Crippen LogP contribution in [0.25, 0.3) is 0 Å². The molecule has 2 rings (SSSR count). The summed E-state index contributed by atoms with van der Waals surface area (Å²) in [7, 11) is 0. The first-order valence-corrected chi connectivity index (χ1v) is 7.27. The van der Waals surface area contributed by atoms with E-state index in [-0.39, 0.29) is 17.6 Å². The lowest BCUT2D eigenvalue weighted by atomic mass is 9.75. The average molecular weight is 267 g/mol. The quantitative estimate of drug-likeness (QED) is 0.860. The standard InChI is InChI=1S/C16H23F2N/c1-11(2)19-10-12-6-3-4-7-13(12)16-14(17)8-5-9-15(16)18/h5,8-9,11-13,19H,3-4,6-7,10H2,1-2H3. The molecule has 3 heteroatoms. The molecule has 19 heavy (non-hydrogen) atoms. The Hall–Kier alpha value is -0.960. The van der Waals surface area contributed by atoms with Crippen LogP contribution in [-0.4, -0.2) is 12.6 Å². The average Bonchev–Trinajstić information content (AvgIpc) is 2.37. The topological polar surface area (TPSA) is 12.0 Å². The summed E-state index contributed by atoms with van der Waals surface area (Å²) in [6.45, 7) is 5.04. The maximum absolute atomic E-state index is 13.9. The molecule has 1 saturated carbocycles. The first-order valence-electron chi connectivity index (χ1n) is 7.27. The second-order valence-corrected chi connectivity index (χ2v) is 5.85. The van der Waals surface area contributed by atoms with E-state index in [1.54, 1.807) is 0 Å². The molecule has 1 nitrogen and oxygen atoms in total. The third kappa shape index (κ3) is 3.53. The van der Waals surface area contributed by atoms with Crippen molar-refractivity contribution in [3.8, 4) is 0 Å². The molecule has 0 aliphatic heterocycles. The summed E-state index contributed by atoms with van der Waals surface area (Å²) in [5, 5.41) is 3.41. The highest BCUT2D eigenvalue weighted by Gasteiger charge is 2.30. The number of nitrogens with one attached hydrogen (secondary N) is 1. The number of halogens is 2. The third-order valence-corrected chi connectivity index (χ3v) is 4.07. The van der Waals surface area contributed by atoms with Crippen molar-refractivity contribution in [2.45, 2.75) is 51.5 Å². The summed E-state index contributed by atoms with van der Waals surface area (Å²) in [6.07, 6.45) is 4.17. The van der Waals surface area contributed by atoms with Gasteiger partial charge in [0.2, 0.25) is 0 Å². The number of hydrogen-bond acceptors (Lipinski definition) is 1. The van der Waals surface area contributed by atoms with Crippen LogP contribution in [0.3, 0.4) is 0 Å². The van der Waals surface area contributed by atoms with Gasteiger partial charge in [-0.05, 0) is 43.4 Å². The molecule has 2 atom stereocenters. The first-order chi connectivity index (χ1) is 9.09. The van der Waals surface area contributed by atoms with Crippen molar-refractivity contribution in [1.29, 1.82) is 0 Å². The summed E-state index contributed by atoms with van der Waals surface area (Å²) >= 11 is 0. The lowest BCUT2D eigenvalue weighted by molar-refractivity contribution is 0.278. The molecule has 1 fully saturated rings. The zero-order valence-electron chi connectivity index (χ0n) is 11.8. The van der Waals surface area contributed by atoms with Gasteiger partial charge in [0.05, 0.1) is 0 Å². The predicted octanol–water partition coefficient (Wildman–Crippen LogP) is 4.24. The van der Waals surface area contributed by atoms with Crippen molar-refractivity contribution >= 4 is 0 Å². The van der Waals surface area contributed by atoms with Crippen LogP contribution in [0.2, 0.25) is 0 Å². The molecule has 1 N–H and O–H groups in total. The number of benzene rings is 1. The maximum atomic E-state index is 13.9. The van der Waals surface area contributed by atoms with Gasteiger partial charge in [-0.2, -0.15) is 0 Å². The largest absolute Gasteiger partial charge is 0.314 e. The number of hydrogen-bond donors (Lipinski definition) is 1. The Morgan fingerprint density at radius 1 is 1.16 bits per heavy atom. The van der Waals surface area contributed by atoms with E-state index in [1.807, 2.05) is 0 Å². The van der Waals surface area contributed by atoms with Gasteiger partial charge in [-0.1, -0.05) is 32.8 Å². The second kappa shape index (κ2) is 6.47. The van der Waals surface area contributed by atoms with Crippen LogP contribution in [0.5, 0.6) is 0 Å². The van der Waals surface area contributed by atoms with Crippen LogP contribution in [0, 0.1) is 17.6 Å². The van der Waals surface area contributed by atoms with Gasteiger partial charge in [0.15, 0.2) is 0 Å². The molecule has 0 radical (unpaired) electrons. The van der Waals surface area contributed by atoms with Crippen molar-refractivity contribution in [2.24, 2.45) is 5.92 Å². The molecular weight excluding hydrogens is 244 g/mol. The van der Waals surface area contributed by atoms with Gasteiger partial charge >= 0.3 is 0 Å². The first kappa shape index (κ1) is 14.4. The van der Waals surface area contributed by atoms with E-state index in [0.717, 1.165) is 32.2 Å². The van der Waals surface area contributed by atoms with Gasteiger partial charge in [0.1, 0.15) is 11.6 Å². The predicted molar refractivity (Wildman–Crippen MR) is 74.2 cm³/mol. The molecule has 106 valence electrons. The molecule has 1 aromatic carbocycles. The molecule has 0 aromatic heterocycles. The maximum Gasteiger partial charge on any atom is 0.129 e. The fourth-order valence-corrected chi connectivity index (χ4v) is 3.08. The molecule has 2 unspecified atom stereocenters. The molecule has 0 spiro atoms. The van der Waals surface area contributed by atoms with Crippen LogP contribution < -0.4 is 5.32 Å². The normalized spacial score (nSPS) is 23.8. The van der Waals surface area contributed by atoms with Crippen molar-refractivity contribution in [3.63, 3.8) is 0 Å². The summed E-state index contributed by atoms with van der Waals surface area (Å²) in [6, 6.07) is 4.60. The van der Waals surface area contributed by atoms with E-state index in [0.29, 0.717) is 17.5 Å². The molecule has 0 bridgehead atoms. The minimum atomic E-state index is -0.388. The lowest BCUT2D eigenvalue weighted by Crippen LogP contribution is -2.34. The van der Waals surface area contributed by atoms with Crippen LogP contribution in [-0.2, 0) is 0 Å². The minimum absolute atomic E-state index is 0.0150. The van der Waals surface area contributed by atoms with Crippen molar-refractivity contribution in [2.75, 3.05) is 6.54 Å². The van der Waals surface area contributed by atoms with Crippen LogP contribution >= 0.6 is 0 Å². The van der Waals surface area contributed by atoms with Gasteiger partial charge in [-0.25, -0.2) is 8.78 Å². The minimum Gasteiger partial charge on any atom is -0.314 e. The van der Waals surface area contributed by atoms with E-state index in [4.69, 9.17) is 0 Å². The van der Waals surface area contributed by atoms with E-state index in [2.05, 4.69) is 19.2 Å².